The van der Waals surface area contributed by atoms with Crippen LogP contribution in [0.2, 0.25) is 0 Å². The Labute approximate surface area is 129 Å². The molecule has 6 heteroatoms. The van der Waals surface area contributed by atoms with Crippen molar-refractivity contribution < 1.29 is 19.5 Å². The summed E-state index contributed by atoms with van der Waals surface area (Å²) in [4.78, 5) is 13.7. The minimum Gasteiger partial charge on any atom is -0.444 e. The number of carbonyl (C=O) groups excluding carboxylic acids is 1. The fourth-order valence-corrected chi connectivity index (χ4v) is 2.91. The number of nitrogens with zero attached hydrogens (tertiary/aromatic N) is 2. The van der Waals surface area contributed by atoms with Crippen molar-refractivity contribution >= 4 is 12.3 Å². The van der Waals surface area contributed by atoms with Crippen LogP contribution in [0.15, 0.2) is 23.4 Å². The Morgan fingerprint density at radius 1 is 1.45 bits per heavy atom. The van der Waals surface area contributed by atoms with Gasteiger partial charge in [0.15, 0.2) is 0 Å². The fraction of sp³-hybridized carbons (Fsp3) is 0.500. The average Bonchev–Trinajstić information content (AvgIpc) is 2.74. The molecule has 118 valence electrons. The molecule has 2 aliphatic rings. The zero-order valence-electron chi connectivity index (χ0n) is 13.0. The number of oxime groups is 1. The number of benzene rings is 1. The Morgan fingerprint density at radius 2 is 2.18 bits per heavy atom. The number of amides is 1. The molecule has 0 unspecified atom stereocenters. The maximum atomic E-state index is 12.0. The van der Waals surface area contributed by atoms with E-state index in [1.54, 1.807) is 4.90 Å². The number of fused-ring (bicyclic) bond motifs is 2. The largest absolute Gasteiger partial charge is 0.444 e. The molecule has 1 saturated heterocycles. The zero-order valence-corrected chi connectivity index (χ0v) is 13.0. The minimum absolute atomic E-state index is 0.306. The monoisotopic (exact) mass is 304 g/mol. The zero-order chi connectivity index (χ0) is 16.0. The predicted octanol–water partition coefficient (Wildman–Crippen LogP) is 2.47. The Kier molecular flexibility index (Phi) is 3.36. The summed E-state index contributed by atoms with van der Waals surface area (Å²) in [6, 6.07) is 5.80. The average molecular weight is 304 g/mol. The van der Waals surface area contributed by atoms with Gasteiger partial charge in [0.2, 0.25) is 0 Å². The molecule has 2 heterocycles. The molecule has 0 aromatic heterocycles. The van der Waals surface area contributed by atoms with Gasteiger partial charge in [-0.1, -0.05) is 17.3 Å². The Bertz CT molecular complexity index is 628. The second-order valence-corrected chi connectivity index (χ2v) is 6.78. The predicted molar refractivity (Wildman–Crippen MR) is 80.1 cm³/mol. The minimum atomic E-state index is -0.493. The first-order valence-electron chi connectivity index (χ1n) is 7.26. The van der Waals surface area contributed by atoms with E-state index < -0.39 is 11.2 Å². The van der Waals surface area contributed by atoms with E-state index in [0.717, 1.165) is 16.7 Å². The molecule has 22 heavy (non-hydrogen) atoms. The van der Waals surface area contributed by atoms with Crippen LogP contribution in [0.5, 0.6) is 0 Å². The third-order valence-electron chi connectivity index (χ3n) is 3.88. The molecule has 0 saturated carbocycles. The van der Waals surface area contributed by atoms with Crippen LogP contribution >= 0.6 is 0 Å². The van der Waals surface area contributed by atoms with Crippen LogP contribution in [0.3, 0.4) is 0 Å². The van der Waals surface area contributed by atoms with Crippen LogP contribution in [0.25, 0.3) is 0 Å². The van der Waals surface area contributed by atoms with Crippen LogP contribution in [-0.4, -0.2) is 41.1 Å². The highest BCUT2D eigenvalue weighted by Crippen LogP contribution is 2.43. The lowest BCUT2D eigenvalue weighted by atomic mass is 9.85. The summed E-state index contributed by atoms with van der Waals surface area (Å²) < 4.78 is 11.3. The Balaban J connectivity index is 1.72. The van der Waals surface area contributed by atoms with Gasteiger partial charge in [-0.25, -0.2) is 4.79 Å². The fourth-order valence-electron chi connectivity index (χ4n) is 2.91. The van der Waals surface area contributed by atoms with E-state index in [4.69, 9.17) is 14.7 Å². The third-order valence-corrected chi connectivity index (χ3v) is 3.88. The lowest BCUT2D eigenvalue weighted by Gasteiger charge is -2.47. The molecule has 1 spiro atoms. The summed E-state index contributed by atoms with van der Waals surface area (Å²) in [7, 11) is 0. The molecule has 0 radical (unpaired) electrons. The maximum absolute atomic E-state index is 12.0. The quantitative estimate of drug-likeness (QED) is 0.491. The summed E-state index contributed by atoms with van der Waals surface area (Å²) in [6.07, 6.45) is 1.08. The summed E-state index contributed by atoms with van der Waals surface area (Å²) in [6.45, 7) is 7.07. The number of rotatable bonds is 1. The molecule has 2 aliphatic heterocycles. The van der Waals surface area contributed by atoms with Crippen LogP contribution in [-0.2, 0) is 21.7 Å². The van der Waals surface area contributed by atoms with E-state index >= 15 is 0 Å². The van der Waals surface area contributed by atoms with Gasteiger partial charge in [-0.2, -0.15) is 0 Å². The van der Waals surface area contributed by atoms with Gasteiger partial charge in [0.05, 0.1) is 25.9 Å². The lowest BCUT2D eigenvalue weighted by Crippen LogP contribution is -2.61. The van der Waals surface area contributed by atoms with Crippen molar-refractivity contribution in [3.63, 3.8) is 0 Å². The summed E-state index contributed by atoms with van der Waals surface area (Å²) >= 11 is 0. The van der Waals surface area contributed by atoms with Gasteiger partial charge in [0.25, 0.3) is 0 Å². The summed E-state index contributed by atoms with van der Waals surface area (Å²) in [5.74, 6) is 0. The van der Waals surface area contributed by atoms with Crippen molar-refractivity contribution in [3.8, 4) is 0 Å². The van der Waals surface area contributed by atoms with Crippen molar-refractivity contribution in [2.24, 2.45) is 5.16 Å². The molecule has 0 atom stereocenters. The third kappa shape index (κ3) is 2.54. The SMILES string of the molecule is CC(C)(C)OC(=O)N1CC2(C1)OCc1cc(/C=N\O)ccc12. The van der Waals surface area contributed by atoms with Crippen LogP contribution in [0, 0.1) is 0 Å². The molecular formula is C16H20N2O4. The number of carbonyl (C=O) groups is 1. The molecule has 1 aromatic carbocycles. The van der Waals surface area contributed by atoms with E-state index in [1.165, 1.54) is 6.21 Å². The van der Waals surface area contributed by atoms with Crippen molar-refractivity contribution in [2.75, 3.05) is 13.1 Å². The van der Waals surface area contributed by atoms with Gasteiger partial charge >= 0.3 is 6.09 Å². The van der Waals surface area contributed by atoms with Gasteiger partial charge in [0.1, 0.15) is 11.2 Å². The van der Waals surface area contributed by atoms with E-state index in [-0.39, 0.29) is 6.09 Å². The molecule has 0 bridgehead atoms. The molecular weight excluding hydrogens is 284 g/mol. The van der Waals surface area contributed by atoms with Crippen LogP contribution < -0.4 is 0 Å². The first-order chi connectivity index (χ1) is 10.3. The smallest absolute Gasteiger partial charge is 0.410 e. The second-order valence-electron chi connectivity index (χ2n) is 6.78. The van der Waals surface area contributed by atoms with Gasteiger partial charge in [0, 0.05) is 0 Å². The highest BCUT2D eigenvalue weighted by molar-refractivity contribution is 5.79. The first kappa shape index (κ1) is 14.8. The molecule has 1 fully saturated rings. The standard InChI is InChI=1S/C16H20N2O4/c1-15(2,3)22-14(19)18-9-16(10-18)13-5-4-11(7-17-20)6-12(13)8-21-16/h4-7,20H,8-10H2,1-3H3/b17-7-. The lowest BCUT2D eigenvalue weighted by molar-refractivity contribution is -0.137. The van der Waals surface area contributed by atoms with E-state index in [2.05, 4.69) is 5.16 Å². The number of likely N-dealkylation sites (tertiary alicyclic amines) is 1. The molecule has 3 rings (SSSR count). The van der Waals surface area contributed by atoms with E-state index in [0.29, 0.717) is 19.7 Å². The highest BCUT2D eigenvalue weighted by Gasteiger charge is 2.52. The van der Waals surface area contributed by atoms with Crippen molar-refractivity contribution in [1.29, 1.82) is 0 Å². The van der Waals surface area contributed by atoms with Gasteiger partial charge in [-0.15, -0.1) is 0 Å². The Morgan fingerprint density at radius 3 is 2.82 bits per heavy atom. The maximum Gasteiger partial charge on any atom is 0.410 e. The Hall–Kier alpha value is -2.08. The second kappa shape index (κ2) is 4.98. The van der Waals surface area contributed by atoms with E-state index in [9.17, 15) is 4.79 Å². The van der Waals surface area contributed by atoms with Gasteiger partial charge in [-0.05, 0) is 43.5 Å². The van der Waals surface area contributed by atoms with Crippen molar-refractivity contribution in [3.05, 3.63) is 34.9 Å². The number of hydrogen-bond acceptors (Lipinski definition) is 5. The van der Waals surface area contributed by atoms with Crippen LogP contribution in [0.4, 0.5) is 4.79 Å². The van der Waals surface area contributed by atoms with Crippen molar-refractivity contribution in [1.82, 2.24) is 4.90 Å². The number of ether oxygens (including phenoxy) is 2. The molecule has 1 amide bonds. The highest BCUT2D eigenvalue weighted by atomic mass is 16.6. The normalized spacial score (nSPS) is 19.3. The first-order valence-corrected chi connectivity index (χ1v) is 7.26. The molecule has 1 N–H and O–H groups in total. The van der Waals surface area contributed by atoms with Gasteiger partial charge in [-0.3, -0.25) is 0 Å². The number of hydrogen-bond donors (Lipinski definition) is 1. The topological polar surface area (TPSA) is 71.4 Å². The van der Waals surface area contributed by atoms with Crippen molar-refractivity contribution in [2.45, 2.75) is 38.6 Å². The summed E-state index contributed by atoms with van der Waals surface area (Å²) in [5, 5.41) is 11.6. The van der Waals surface area contributed by atoms with Gasteiger partial charge < -0.3 is 19.6 Å². The summed E-state index contributed by atoms with van der Waals surface area (Å²) in [5.41, 5.74) is 2.09. The molecule has 1 aromatic rings. The molecule has 0 aliphatic carbocycles. The van der Waals surface area contributed by atoms with E-state index in [1.807, 2.05) is 39.0 Å². The molecule has 6 nitrogen and oxygen atoms in total. The van der Waals surface area contributed by atoms with Crippen LogP contribution in [0.1, 0.15) is 37.5 Å².